The van der Waals surface area contributed by atoms with Gasteiger partial charge in [0.25, 0.3) is 0 Å². The van der Waals surface area contributed by atoms with E-state index in [4.69, 9.17) is 14.5 Å². The Bertz CT molecular complexity index is 1430. The van der Waals surface area contributed by atoms with E-state index in [9.17, 15) is 5.26 Å². The van der Waals surface area contributed by atoms with Gasteiger partial charge in [-0.05, 0) is 37.1 Å². The summed E-state index contributed by atoms with van der Waals surface area (Å²) in [7, 11) is 1.64. The summed E-state index contributed by atoms with van der Waals surface area (Å²) in [6, 6.07) is 13.3. The number of likely N-dealkylation sites (tertiary alicyclic amines) is 1. The maximum Gasteiger partial charge on any atom is 0.212 e. The van der Waals surface area contributed by atoms with Crippen molar-refractivity contribution in [2.24, 2.45) is 0 Å². The summed E-state index contributed by atoms with van der Waals surface area (Å²) in [5.74, 6) is 2.34. The van der Waals surface area contributed by atoms with Crippen LogP contribution in [0.4, 0.5) is 5.82 Å². The van der Waals surface area contributed by atoms with Crippen molar-refractivity contribution in [1.29, 1.82) is 5.26 Å². The van der Waals surface area contributed by atoms with Crippen LogP contribution < -0.4 is 14.4 Å². The highest BCUT2D eigenvalue weighted by atomic mass is 16.5. The van der Waals surface area contributed by atoms with E-state index >= 15 is 0 Å². The lowest BCUT2D eigenvalue weighted by molar-refractivity contribution is 0.229. The number of nitriles is 1. The zero-order chi connectivity index (χ0) is 24.6. The van der Waals surface area contributed by atoms with Crippen LogP contribution in [0, 0.1) is 11.3 Å². The summed E-state index contributed by atoms with van der Waals surface area (Å²) in [6.45, 7) is 5.38. The first kappa shape index (κ1) is 22.3. The number of hydrogen-bond donors (Lipinski definition) is 0. The summed E-state index contributed by atoms with van der Waals surface area (Å²) in [4.78, 5) is 14.1. The highest BCUT2D eigenvalue weighted by Crippen LogP contribution is 2.36. The molecule has 2 aliphatic rings. The summed E-state index contributed by atoms with van der Waals surface area (Å²) in [6.07, 6.45) is 8.33. The Morgan fingerprint density at radius 3 is 2.67 bits per heavy atom. The van der Waals surface area contributed by atoms with Crippen LogP contribution in [0.1, 0.15) is 24.5 Å². The molecule has 0 amide bonds. The first-order valence-electron chi connectivity index (χ1n) is 12.2. The summed E-state index contributed by atoms with van der Waals surface area (Å²) in [5.41, 5.74) is 4.31. The van der Waals surface area contributed by atoms with Crippen LogP contribution in [0.5, 0.6) is 11.6 Å². The number of piperazine rings is 1. The lowest BCUT2D eigenvalue weighted by atomic mass is 10.1. The molecule has 0 aliphatic carbocycles. The number of rotatable bonds is 7. The number of methoxy groups -OCH3 is 1. The summed E-state index contributed by atoms with van der Waals surface area (Å²) >= 11 is 0. The summed E-state index contributed by atoms with van der Waals surface area (Å²) in [5, 5.41) is 13.9. The minimum atomic E-state index is 0.451. The SMILES string of the molecule is CCOc1cc(-c2ccc(N3C[C@@H]4CC3CN4Cc3ccc(OC)nc3)nc2)c2c(C#N)cnn2c1. The van der Waals surface area contributed by atoms with Crippen molar-refractivity contribution in [1.82, 2.24) is 24.5 Å². The number of hydrogen-bond acceptors (Lipinski definition) is 8. The van der Waals surface area contributed by atoms with Gasteiger partial charge < -0.3 is 14.4 Å². The molecule has 0 N–H and O–H groups in total. The maximum atomic E-state index is 9.58. The van der Waals surface area contributed by atoms with Gasteiger partial charge in [-0.25, -0.2) is 14.5 Å². The molecule has 0 aromatic carbocycles. The Balaban J connectivity index is 1.20. The lowest BCUT2D eigenvalue weighted by Gasteiger charge is -2.35. The molecule has 2 bridgehead atoms. The van der Waals surface area contributed by atoms with Crippen molar-refractivity contribution in [3.05, 3.63) is 66.2 Å². The molecule has 9 heteroatoms. The van der Waals surface area contributed by atoms with E-state index in [1.807, 2.05) is 31.5 Å². The molecule has 2 aliphatic heterocycles. The molecule has 1 unspecified atom stereocenters. The van der Waals surface area contributed by atoms with Crippen molar-refractivity contribution < 1.29 is 9.47 Å². The number of aromatic nitrogens is 4. The maximum absolute atomic E-state index is 9.58. The molecule has 4 aromatic heterocycles. The van der Waals surface area contributed by atoms with E-state index in [0.717, 1.165) is 48.5 Å². The van der Waals surface area contributed by atoms with Crippen molar-refractivity contribution in [2.45, 2.75) is 32.0 Å². The zero-order valence-corrected chi connectivity index (χ0v) is 20.3. The van der Waals surface area contributed by atoms with Crippen LogP contribution >= 0.6 is 0 Å². The predicted molar refractivity (Wildman–Crippen MR) is 135 cm³/mol. The van der Waals surface area contributed by atoms with E-state index in [-0.39, 0.29) is 0 Å². The van der Waals surface area contributed by atoms with Gasteiger partial charge in [0.1, 0.15) is 17.6 Å². The third-order valence-corrected chi connectivity index (χ3v) is 7.12. The van der Waals surface area contributed by atoms with Crippen molar-refractivity contribution in [2.75, 3.05) is 31.7 Å². The number of fused-ring (bicyclic) bond motifs is 3. The van der Waals surface area contributed by atoms with Crippen LogP contribution in [0.2, 0.25) is 0 Å². The molecular weight excluding hydrogens is 454 g/mol. The fourth-order valence-electron chi connectivity index (χ4n) is 5.44. The second-order valence-corrected chi connectivity index (χ2v) is 9.22. The van der Waals surface area contributed by atoms with E-state index in [2.05, 4.69) is 44.2 Å². The van der Waals surface area contributed by atoms with Gasteiger partial charge in [-0.15, -0.1) is 0 Å². The topological polar surface area (TPSA) is 91.8 Å². The minimum absolute atomic E-state index is 0.451. The number of ether oxygens (including phenoxy) is 2. The van der Waals surface area contributed by atoms with Crippen LogP contribution in [0.25, 0.3) is 16.6 Å². The van der Waals surface area contributed by atoms with Gasteiger partial charge in [-0.2, -0.15) is 10.4 Å². The highest BCUT2D eigenvalue weighted by molar-refractivity contribution is 5.85. The van der Waals surface area contributed by atoms with Gasteiger partial charge >= 0.3 is 0 Å². The highest BCUT2D eigenvalue weighted by Gasteiger charge is 2.43. The third kappa shape index (κ3) is 3.89. The van der Waals surface area contributed by atoms with Gasteiger partial charge in [0.15, 0.2) is 0 Å². The van der Waals surface area contributed by atoms with Gasteiger partial charge in [0.2, 0.25) is 5.88 Å². The quantitative estimate of drug-likeness (QED) is 0.396. The Morgan fingerprint density at radius 2 is 2.00 bits per heavy atom. The van der Waals surface area contributed by atoms with Crippen molar-refractivity contribution in [3.8, 4) is 28.8 Å². The van der Waals surface area contributed by atoms with Crippen LogP contribution in [0.3, 0.4) is 0 Å². The van der Waals surface area contributed by atoms with Gasteiger partial charge in [0, 0.05) is 61.3 Å². The summed E-state index contributed by atoms with van der Waals surface area (Å²) < 4.78 is 12.6. The molecule has 6 heterocycles. The number of pyridine rings is 3. The Hall–Kier alpha value is -4.16. The van der Waals surface area contributed by atoms with Crippen molar-refractivity contribution in [3.63, 3.8) is 0 Å². The van der Waals surface area contributed by atoms with Gasteiger partial charge in [-0.1, -0.05) is 6.07 Å². The van der Waals surface area contributed by atoms with Gasteiger partial charge in [-0.3, -0.25) is 4.90 Å². The monoisotopic (exact) mass is 481 g/mol. The fourth-order valence-corrected chi connectivity index (χ4v) is 5.44. The van der Waals surface area contributed by atoms with Gasteiger partial charge in [0.05, 0.1) is 37.2 Å². The molecule has 6 rings (SSSR count). The fraction of sp³-hybridized carbons (Fsp3) is 0.333. The molecule has 0 saturated carbocycles. The average molecular weight is 482 g/mol. The largest absolute Gasteiger partial charge is 0.492 e. The first-order chi connectivity index (χ1) is 17.7. The molecule has 182 valence electrons. The van der Waals surface area contributed by atoms with Crippen LogP contribution in [-0.2, 0) is 6.54 Å². The molecular formula is C27H27N7O2. The normalized spacial score (nSPS) is 19.1. The average Bonchev–Trinajstić information content (AvgIpc) is 3.63. The van der Waals surface area contributed by atoms with Crippen LogP contribution in [0.15, 0.2) is 55.1 Å². The lowest BCUT2D eigenvalue weighted by Crippen LogP contribution is -2.46. The molecule has 2 atom stereocenters. The number of anilines is 1. The Morgan fingerprint density at radius 1 is 1.08 bits per heavy atom. The molecule has 0 spiro atoms. The molecule has 2 saturated heterocycles. The van der Waals surface area contributed by atoms with E-state index in [1.165, 1.54) is 5.56 Å². The second kappa shape index (κ2) is 9.13. The molecule has 0 radical (unpaired) electrons. The standard InChI is InChI=1S/C27H27N7O2/c1-3-36-23-9-24(27-20(10-28)13-31-34(27)17-23)19-5-6-25(29-12-19)33-16-21-8-22(33)15-32(21)14-18-4-7-26(35-2)30-11-18/h4-7,9,11-13,17,21-22H,3,8,14-16H2,1-2H3/t21-,22?/m0/s1. The van der Waals surface area contributed by atoms with E-state index < -0.39 is 0 Å². The van der Waals surface area contributed by atoms with Crippen molar-refractivity contribution >= 4 is 11.3 Å². The Labute approximate surface area is 209 Å². The Kier molecular flexibility index (Phi) is 5.66. The third-order valence-electron chi connectivity index (χ3n) is 7.12. The molecule has 2 fully saturated rings. The number of nitrogens with zero attached hydrogens (tertiary/aromatic N) is 7. The zero-order valence-electron chi connectivity index (χ0n) is 20.3. The van der Waals surface area contributed by atoms with E-state index in [1.54, 1.807) is 24.0 Å². The minimum Gasteiger partial charge on any atom is -0.492 e. The van der Waals surface area contributed by atoms with E-state index in [0.29, 0.717) is 35.9 Å². The molecule has 36 heavy (non-hydrogen) atoms. The first-order valence-corrected chi connectivity index (χ1v) is 12.2. The predicted octanol–water partition coefficient (Wildman–Crippen LogP) is 3.53. The molecule has 4 aromatic rings. The molecule has 9 nitrogen and oxygen atoms in total. The smallest absolute Gasteiger partial charge is 0.212 e. The second-order valence-electron chi connectivity index (χ2n) is 9.22. The van der Waals surface area contributed by atoms with Crippen LogP contribution in [-0.4, -0.2) is 63.4 Å².